The molecule has 12 heteroatoms. The summed E-state index contributed by atoms with van der Waals surface area (Å²) in [7, 11) is 0. The van der Waals surface area contributed by atoms with Gasteiger partial charge in [0.2, 0.25) is 23.3 Å². The van der Waals surface area contributed by atoms with Crippen molar-refractivity contribution in [3.8, 4) is 46.1 Å². The average molecular weight is 499 g/mol. The van der Waals surface area contributed by atoms with Gasteiger partial charge in [-0.05, 0) is 60.4 Å². The summed E-state index contributed by atoms with van der Waals surface area (Å²) in [6.07, 6.45) is 8.54. The first-order valence-corrected chi connectivity index (χ1v) is 11.7. The molecule has 0 aromatic carbocycles. The van der Waals surface area contributed by atoms with E-state index in [1.807, 2.05) is 60.9 Å². The summed E-state index contributed by atoms with van der Waals surface area (Å²) < 4.78 is 0. The van der Waals surface area contributed by atoms with E-state index in [1.54, 1.807) is 24.5 Å². The van der Waals surface area contributed by atoms with E-state index in [0.29, 0.717) is 46.1 Å². The van der Waals surface area contributed by atoms with Crippen LogP contribution in [-0.4, -0.2) is 60.7 Å². The third-order valence-electron chi connectivity index (χ3n) is 5.56. The van der Waals surface area contributed by atoms with Gasteiger partial charge in [-0.25, -0.2) is 0 Å². The predicted molar refractivity (Wildman–Crippen MR) is 136 cm³/mol. The topological polar surface area (TPSA) is 155 Å². The van der Waals surface area contributed by atoms with Crippen LogP contribution in [0.15, 0.2) is 85.5 Å². The minimum Gasteiger partial charge on any atom is -0.253 e. The fourth-order valence-corrected chi connectivity index (χ4v) is 3.56. The van der Waals surface area contributed by atoms with E-state index in [4.69, 9.17) is 0 Å². The normalized spacial score (nSPS) is 10.8. The number of hydrogen-bond acceptors (Lipinski definition) is 12. The van der Waals surface area contributed by atoms with Crippen LogP contribution in [0.2, 0.25) is 0 Å². The molecular weight excluding hydrogens is 480 g/mol. The van der Waals surface area contributed by atoms with Gasteiger partial charge in [0.1, 0.15) is 22.8 Å². The second kappa shape index (κ2) is 10.6. The molecule has 6 aromatic rings. The molecule has 12 nitrogen and oxygen atoms in total. The minimum absolute atomic E-state index is 0.357. The molecule has 0 aliphatic carbocycles. The molecule has 0 fully saturated rings. The Morgan fingerprint density at radius 1 is 0.368 bits per heavy atom. The minimum atomic E-state index is 0.357. The van der Waals surface area contributed by atoms with E-state index in [0.717, 1.165) is 24.0 Å². The Balaban J connectivity index is 1.06. The molecule has 6 rings (SSSR count). The number of hydrogen-bond donors (Lipinski definition) is 0. The molecule has 0 saturated heterocycles. The summed E-state index contributed by atoms with van der Waals surface area (Å²) in [6, 6.07) is 18.7. The van der Waals surface area contributed by atoms with Gasteiger partial charge in [-0.3, -0.25) is 19.9 Å². The smallest absolute Gasteiger partial charge is 0.221 e. The summed E-state index contributed by atoms with van der Waals surface area (Å²) in [5.74, 6) is 1.45. The zero-order valence-corrected chi connectivity index (χ0v) is 19.9. The van der Waals surface area contributed by atoms with Gasteiger partial charge >= 0.3 is 0 Å². The van der Waals surface area contributed by atoms with Crippen molar-refractivity contribution in [2.75, 3.05) is 0 Å². The maximum atomic E-state index is 4.48. The van der Waals surface area contributed by atoms with Crippen LogP contribution in [0.5, 0.6) is 0 Å². The summed E-state index contributed by atoms with van der Waals surface area (Å²) in [5, 5.41) is 33.1. The molecular formula is C26H18N12. The lowest BCUT2D eigenvalue weighted by Gasteiger charge is -2.04. The molecule has 0 amide bonds. The SMILES string of the molecule is c1ccc(-c2nnc(-c3ccc(CCc4ccc(-c5nnc(-c6ccccn6)nn5)nc4)cn3)nn2)nc1. The van der Waals surface area contributed by atoms with Crippen molar-refractivity contribution in [3.63, 3.8) is 0 Å². The Kier molecular flexibility index (Phi) is 6.40. The predicted octanol–water partition coefficient (Wildman–Crippen LogP) is 2.88. The van der Waals surface area contributed by atoms with Crippen LogP contribution >= 0.6 is 0 Å². The van der Waals surface area contributed by atoms with Crippen molar-refractivity contribution >= 4 is 0 Å². The van der Waals surface area contributed by atoms with Crippen molar-refractivity contribution in [2.45, 2.75) is 12.8 Å². The first kappa shape index (κ1) is 22.9. The van der Waals surface area contributed by atoms with Crippen LogP contribution in [0.3, 0.4) is 0 Å². The number of rotatable bonds is 7. The molecule has 0 N–H and O–H groups in total. The lowest BCUT2D eigenvalue weighted by molar-refractivity contribution is 0.862. The van der Waals surface area contributed by atoms with Gasteiger partial charge in [-0.1, -0.05) is 24.3 Å². The molecule has 0 atom stereocenters. The number of aromatic nitrogens is 12. The van der Waals surface area contributed by atoms with E-state index in [1.165, 1.54) is 0 Å². The maximum absolute atomic E-state index is 4.48. The van der Waals surface area contributed by atoms with E-state index in [2.05, 4.69) is 60.7 Å². The highest BCUT2D eigenvalue weighted by Crippen LogP contribution is 2.16. The van der Waals surface area contributed by atoms with E-state index in [-0.39, 0.29) is 0 Å². The van der Waals surface area contributed by atoms with Crippen molar-refractivity contribution < 1.29 is 0 Å². The van der Waals surface area contributed by atoms with Gasteiger partial charge in [0.05, 0.1) is 0 Å². The molecule has 0 radical (unpaired) electrons. The summed E-state index contributed by atoms with van der Waals surface area (Å²) in [5.41, 5.74) is 4.58. The molecule has 0 saturated carbocycles. The fourth-order valence-electron chi connectivity index (χ4n) is 3.56. The Hall–Kier alpha value is -5.52. The van der Waals surface area contributed by atoms with Crippen LogP contribution in [0.25, 0.3) is 46.1 Å². The highest BCUT2D eigenvalue weighted by Gasteiger charge is 2.10. The molecule has 0 bridgehead atoms. The molecule has 0 aliphatic heterocycles. The maximum Gasteiger partial charge on any atom is 0.221 e. The van der Waals surface area contributed by atoms with Gasteiger partial charge in [-0.15, -0.1) is 40.8 Å². The van der Waals surface area contributed by atoms with Crippen LogP contribution in [0.1, 0.15) is 11.1 Å². The Morgan fingerprint density at radius 2 is 0.737 bits per heavy atom. The van der Waals surface area contributed by atoms with Gasteiger partial charge in [-0.2, -0.15) is 0 Å². The molecule has 0 spiro atoms. The Labute approximate surface area is 216 Å². The third-order valence-corrected chi connectivity index (χ3v) is 5.56. The molecule has 6 aromatic heterocycles. The summed E-state index contributed by atoms with van der Waals surface area (Å²) >= 11 is 0. The zero-order chi connectivity index (χ0) is 25.6. The molecule has 182 valence electrons. The summed E-state index contributed by atoms with van der Waals surface area (Å²) in [6.45, 7) is 0. The number of pyridine rings is 4. The molecule has 38 heavy (non-hydrogen) atoms. The Bertz CT molecular complexity index is 1480. The number of nitrogens with zero attached hydrogens (tertiary/aromatic N) is 12. The van der Waals surface area contributed by atoms with Crippen molar-refractivity contribution in [1.29, 1.82) is 0 Å². The van der Waals surface area contributed by atoms with Gasteiger partial charge in [0, 0.05) is 24.8 Å². The highest BCUT2D eigenvalue weighted by molar-refractivity contribution is 5.52. The Morgan fingerprint density at radius 3 is 1.03 bits per heavy atom. The van der Waals surface area contributed by atoms with Crippen LogP contribution in [0.4, 0.5) is 0 Å². The molecule has 0 aliphatic rings. The van der Waals surface area contributed by atoms with E-state index < -0.39 is 0 Å². The van der Waals surface area contributed by atoms with E-state index >= 15 is 0 Å². The average Bonchev–Trinajstić information content (AvgIpc) is 3.02. The van der Waals surface area contributed by atoms with Crippen molar-refractivity contribution in [3.05, 3.63) is 96.6 Å². The fraction of sp³-hybridized carbons (Fsp3) is 0.0769. The first-order valence-electron chi connectivity index (χ1n) is 11.7. The van der Waals surface area contributed by atoms with Crippen molar-refractivity contribution in [1.82, 2.24) is 60.7 Å². The lowest BCUT2D eigenvalue weighted by atomic mass is 10.1. The molecule has 0 unspecified atom stereocenters. The highest BCUT2D eigenvalue weighted by atomic mass is 15.3. The number of aryl methyl sites for hydroxylation is 2. The van der Waals surface area contributed by atoms with Gasteiger partial charge in [0.15, 0.2) is 0 Å². The quantitative estimate of drug-likeness (QED) is 0.318. The third kappa shape index (κ3) is 5.18. The lowest BCUT2D eigenvalue weighted by Crippen LogP contribution is -2.02. The molecule has 6 heterocycles. The van der Waals surface area contributed by atoms with E-state index in [9.17, 15) is 0 Å². The second-order valence-corrected chi connectivity index (χ2v) is 8.13. The largest absolute Gasteiger partial charge is 0.253 e. The van der Waals surface area contributed by atoms with Gasteiger partial charge < -0.3 is 0 Å². The zero-order valence-electron chi connectivity index (χ0n) is 19.9. The van der Waals surface area contributed by atoms with Crippen LogP contribution < -0.4 is 0 Å². The standard InChI is InChI=1S/C26H18N12/c1-3-13-27-19(5-1)23-31-35-25(36-32-23)21-11-9-17(15-29-21)7-8-18-10-12-22(30-16-18)26-37-33-24(34-38-26)20-6-2-4-14-28-20/h1-6,9-16H,7-8H2. The van der Waals surface area contributed by atoms with Crippen molar-refractivity contribution in [2.24, 2.45) is 0 Å². The summed E-state index contributed by atoms with van der Waals surface area (Å²) in [4.78, 5) is 17.4. The first-order chi connectivity index (χ1) is 18.8. The van der Waals surface area contributed by atoms with Crippen LogP contribution in [-0.2, 0) is 12.8 Å². The second-order valence-electron chi connectivity index (χ2n) is 8.13. The van der Waals surface area contributed by atoms with Crippen LogP contribution in [0, 0.1) is 0 Å². The monoisotopic (exact) mass is 498 g/mol. The van der Waals surface area contributed by atoms with Gasteiger partial charge in [0.25, 0.3) is 0 Å².